The molecule has 18 heavy (non-hydrogen) atoms. The lowest BCUT2D eigenvalue weighted by molar-refractivity contribution is 0.122. The fourth-order valence-electron chi connectivity index (χ4n) is 1.09. The largest absolute Gasteiger partial charge is 0.416 e. The van der Waals surface area contributed by atoms with Crippen LogP contribution < -0.4 is 4.74 Å². The lowest BCUT2D eigenvalue weighted by atomic mass is 10.1. The summed E-state index contributed by atoms with van der Waals surface area (Å²) in [7, 11) is 3.25. The van der Waals surface area contributed by atoms with E-state index in [4.69, 9.17) is 10.00 Å². The summed E-state index contributed by atoms with van der Waals surface area (Å²) in [6, 6.07) is 1.97. The van der Waals surface area contributed by atoms with E-state index in [9.17, 15) is 4.79 Å². The van der Waals surface area contributed by atoms with E-state index in [0.717, 1.165) is 0 Å². The van der Waals surface area contributed by atoms with E-state index in [-0.39, 0.29) is 11.4 Å². The molecule has 1 aromatic rings. The predicted octanol–water partition coefficient (Wildman–Crippen LogP) is 2.28. The lowest BCUT2D eigenvalue weighted by Crippen LogP contribution is -2.44. The molecule has 0 saturated heterocycles. The minimum atomic E-state index is -0.522. The molecule has 7 heteroatoms. The van der Waals surface area contributed by atoms with E-state index in [2.05, 4.69) is 21.0 Å². The van der Waals surface area contributed by atoms with Gasteiger partial charge in [-0.25, -0.2) is 4.79 Å². The van der Waals surface area contributed by atoms with Crippen LogP contribution in [0.1, 0.15) is 26.5 Å². The van der Waals surface area contributed by atoms with Crippen molar-refractivity contribution in [2.45, 2.75) is 26.3 Å². The summed E-state index contributed by atoms with van der Waals surface area (Å²) >= 11 is 3.19. The second-order valence-corrected chi connectivity index (χ2v) is 5.59. The highest BCUT2D eigenvalue weighted by molar-refractivity contribution is 9.10. The van der Waals surface area contributed by atoms with Crippen molar-refractivity contribution in [3.63, 3.8) is 0 Å². The van der Waals surface area contributed by atoms with Crippen molar-refractivity contribution in [3.8, 4) is 11.9 Å². The Labute approximate surface area is 114 Å². The molecule has 1 heterocycles. The molecule has 0 atom stereocenters. The van der Waals surface area contributed by atoms with Crippen molar-refractivity contribution in [1.29, 1.82) is 5.26 Å². The van der Waals surface area contributed by atoms with Crippen molar-refractivity contribution in [2.24, 2.45) is 7.05 Å². The van der Waals surface area contributed by atoms with E-state index in [1.807, 2.05) is 26.8 Å². The number of nitrogens with zero attached hydrogens (tertiary/aromatic N) is 4. The van der Waals surface area contributed by atoms with Crippen molar-refractivity contribution in [3.05, 3.63) is 10.2 Å². The molecule has 0 unspecified atom stereocenters. The van der Waals surface area contributed by atoms with Crippen LogP contribution in [0.25, 0.3) is 0 Å². The highest BCUT2D eigenvalue weighted by atomic mass is 79.9. The molecule has 1 amide bonds. The minimum absolute atomic E-state index is 0.0927. The molecule has 0 aliphatic rings. The number of hydrogen-bond donors (Lipinski definition) is 0. The topological polar surface area (TPSA) is 71.2 Å². The maximum atomic E-state index is 11.9. The summed E-state index contributed by atoms with van der Waals surface area (Å²) in [5, 5.41) is 12.9. The summed E-state index contributed by atoms with van der Waals surface area (Å²) in [5.74, 6) is 0.0927. The maximum Gasteiger partial charge on any atom is 0.416 e. The Hall–Kier alpha value is -1.55. The van der Waals surface area contributed by atoms with Gasteiger partial charge in [-0.1, -0.05) is 0 Å². The Kier molecular flexibility index (Phi) is 4.02. The zero-order valence-electron chi connectivity index (χ0n) is 11.0. The molecule has 1 rings (SSSR count). The lowest BCUT2D eigenvalue weighted by Gasteiger charge is -2.30. The number of carbonyl (C=O) groups is 1. The van der Waals surface area contributed by atoms with Gasteiger partial charge in [-0.3, -0.25) is 4.68 Å². The van der Waals surface area contributed by atoms with Crippen molar-refractivity contribution >= 4 is 22.0 Å². The first kappa shape index (κ1) is 14.5. The Bertz CT molecular complexity index is 510. The standard InChI is InChI=1S/C11H15BrN4O2/c1-11(2,3)15(4)10(17)18-9-8(12)7(6-13)16(5)14-9/h1-5H3. The smallest absolute Gasteiger partial charge is 0.388 e. The molecular formula is C11H15BrN4O2. The maximum absolute atomic E-state index is 11.9. The van der Waals surface area contributed by atoms with Crippen LogP contribution >= 0.6 is 15.9 Å². The molecule has 0 fully saturated rings. The monoisotopic (exact) mass is 314 g/mol. The van der Waals surface area contributed by atoms with Gasteiger partial charge < -0.3 is 9.64 Å². The first-order valence-corrected chi connectivity index (χ1v) is 6.06. The van der Waals surface area contributed by atoms with E-state index in [1.54, 1.807) is 14.1 Å². The normalized spacial score (nSPS) is 10.9. The fraction of sp³-hybridized carbons (Fsp3) is 0.545. The summed E-state index contributed by atoms with van der Waals surface area (Å²) in [6.45, 7) is 5.67. The number of rotatable bonds is 1. The molecule has 1 aromatic heterocycles. The molecule has 0 spiro atoms. The fourth-order valence-corrected chi connectivity index (χ4v) is 1.59. The summed E-state index contributed by atoms with van der Waals surface area (Å²) < 4.78 is 6.88. The van der Waals surface area contributed by atoms with Crippen LogP contribution in [0.3, 0.4) is 0 Å². The number of carbonyl (C=O) groups excluding carboxylic acids is 1. The van der Waals surface area contributed by atoms with Crippen LogP contribution in [0.5, 0.6) is 5.88 Å². The molecule has 0 aromatic carbocycles. The van der Waals surface area contributed by atoms with Gasteiger partial charge in [0.05, 0.1) is 0 Å². The van der Waals surface area contributed by atoms with Gasteiger partial charge >= 0.3 is 6.09 Å². The van der Waals surface area contributed by atoms with Gasteiger partial charge in [0, 0.05) is 19.6 Å². The Morgan fingerprint density at radius 2 is 2.11 bits per heavy atom. The van der Waals surface area contributed by atoms with E-state index < -0.39 is 6.09 Å². The van der Waals surface area contributed by atoms with Gasteiger partial charge in [0.2, 0.25) is 0 Å². The number of aryl methyl sites for hydroxylation is 1. The molecular weight excluding hydrogens is 300 g/mol. The van der Waals surface area contributed by atoms with Gasteiger partial charge in [0.1, 0.15) is 10.5 Å². The molecule has 98 valence electrons. The molecule has 6 nitrogen and oxygen atoms in total. The number of amides is 1. The summed E-state index contributed by atoms with van der Waals surface area (Å²) in [6.07, 6.45) is -0.522. The Morgan fingerprint density at radius 3 is 2.50 bits per heavy atom. The number of nitriles is 1. The SMILES string of the molecule is CN(C(=O)Oc1nn(C)c(C#N)c1Br)C(C)(C)C. The van der Waals surface area contributed by atoms with Crippen LogP contribution in [0, 0.1) is 11.3 Å². The third-order valence-electron chi connectivity index (χ3n) is 2.53. The van der Waals surface area contributed by atoms with Gasteiger partial charge in [-0.05, 0) is 36.7 Å². The molecule has 0 saturated carbocycles. The average molecular weight is 315 g/mol. The van der Waals surface area contributed by atoms with Crippen molar-refractivity contribution < 1.29 is 9.53 Å². The second kappa shape index (κ2) is 4.98. The molecule has 0 aliphatic heterocycles. The van der Waals surface area contributed by atoms with Gasteiger partial charge in [0.25, 0.3) is 5.88 Å². The van der Waals surface area contributed by atoms with Crippen molar-refractivity contribution in [2.75, 3.05) is 7.05 Å². The number of ether oxygens (including phenoxy) is 1. The number of aromatic nitrogens is 2. The van der Waals surface area contributed by atoms with E-state index in [0.29, 0.717) is 10.2 Å². The first-order chi connectivity index (χ1) is 8.18. The van der Waals surface area contributed by atoms with Gasteiger partial charge in [-0.2, -0.15) is 5.26 Å². The average Bonchev–Trinajstić information content (AvgIpc) is 2.51. The summed E-state index contributed by atoms with van der Waals surface area (Å²) in [5.41, 5.74) is -0.0487. The highest BCUT2D eigenvalue weighted by Gasteiger charge is 2.26. The quantitative estimate of drug-likeness (QED) is 0.797. The van der Waals surface area contributed by atoms with E-state index >= 15 is 0 Å². The third-order valence-corrected chi connectivity index (χ3v) is 3.24. The third kappa shape index (κ3) is 2.82. The predicted molar refractivity (Wildman–Crippen MR) is 69.2 cm³/mol. The zero-order valence-corrected chi connectivity index (χ0v) is 12.6. The minimum Gasteiger partial charge on any atom is -0.388 e. The van der Waals surface area contributed by atoms with E-state index in [1.165, 1.54) is 9.58 Å². The van der Waals surface area contributed by atoms with Crippen LogP contribution in [0.15, 0.2) is 4.47 Å². The van der Waals surface area contributed by atoms with Gasteiger partial charge in [0.15, 0.2) is 5.69 Å². The Morgan fingerprint density at radius 1 is 1.56 bits per heavy atom. The van der Waals surface area contributed by atoms with Crippen LogP contribution in [0.2, 0.25) is 0 Å². The highest BCUT2D eigenvalue weighted by Crippen LogP contribution is 2.27. The summed E-state index contributed by atoms with van der Waals surface area (Å²) in [4.78, 5) is 13.3. The molecule has 0 N–H and O–H groups in total. The molecule has 0 aliphatic carbocycles. The van der Waals surface area contributed by atoms with Crippen molar-refractivity contribution in [1.82, 2.24) is 14.7 Å². The van der Waals surface area contributed by atoms with Crippen LogP contribution in [-0.2, 0) is 7.05 Å². The second-order valence-electron chi connectivity index (χ2n) is 4.80. The van der Waals surface area contributed by atoms with Crippen LogP contribution in [0.4, 0.5) is 4.79 Å². The number of hydrogen-bond acceptors (Lipinski definition) is 4. The molecule has 0 radical (unpaired) electrons. The van der Waals surface area contributed by atoms with Gasteiger partial charge in [-0.15, -0.1) is 5.10 Å². The number of halogens is 1. The van der Waals surface area contributed by atoms with Crippen LogP contribution in [-0.4, -0.2) is 33.4 Å². The zero-order chi connectivity index (χ0) is 14.1. The molecule has 0 bridgehead atoms. The Balaban J connectivity index is 2.94. The first-order valence-electron chi connectivity index (χ1n) is 5.26.